The molecule has 1 N–H and O–H groups in total. The van der Waals surface area contributed by atoms with Crippen LogP contribution in [0.4, 0.5) is 0 Å². The van der Waals surface area contributed by atoms with E-state index in [9.17, 15) is 9.59 Å². The molecule has 0 radical (unpaired) electrons. The van der Waals surface area contributed by atoms with Crippen molar-refractivity contribution < 1.29 is 19.4 Å². The molecule has 0 saturated carbocycles. The lowest BCUT2D eigenvalue weighted by atomic mass is 9.83. The molecule has 0 atom stereocenters. The van der Waals surface area contributed by atoms with Crippen molar-refractivity contribution in [1.29, 1.82) is 10.5 Å². The second kappa shape index (κ2) is 9.91. The highest BCUT2D eigenvalue weighted by Crippen LogP contribution is 2.27. The number of hydrogen-bond acceptors (Lipinski definition) is 5. The van der Waals surface area contributed by atoms with Gasteiger partial charge in [0.1, 0.15) is 0 Å². The summed E-state index contributed by atoms with van der Waals surface area (Å²) in [4.78, 5) is 22.0. The van der Waals surface area contributed by atoms with Gasteiger partial charge in [-0.05, 0) is 46.2 Å². The lowest BCUT2D eigenvalue weighted by molar-refractivity contribution is 0.0599. The Bertz CT molecular complexity index is 1060. The summed E-state index contributed by atoms with van der Waals surface area (Å²) in [5.41, 5.74) is 3.06. The van der Waals surface area contributed by atoms with Crippen molar-refractivity contribution in [3.8, 4) is 12.1 Å². The third kappa shape index (κ3) is 6.69. The van der Waals surface area contributed by atoms with Crippen LogP contribution in [0.15, 0.2) is 36.4 Å². The first-order valence-electron chi connectivity index (χ1n) is 9.67. The summed E-state index contributed by atoms with van der Waals surface area (Å²) in [6.07, 6.45) is 0. The van der Waals surface area contributed by atoms with E-state index in [0.717, 1.165) is 11.1 Å². The minimum absolute atomic E-state index is 0.111. The van der Waals surface area contributed by atoms with Crippen LogP contribution in [0.2, 0.25) is 0 Å². The average molecular weight is 421 g/mol. The molecule has 0 aromatic heterocycles. The third-order valence-electron chi connectivity index (χ3n) is 4.56. The summed E-state index contributed by atoms with van der Waals surface area (Å²) in [6, 6.07) is 13.9. The molecule has 0 unspecified atom stereocenters. The standard InChI is InChI=1S/C13H15NO2.C12H13NO2/c1-13(2,3)11-6-5-9(12(15)16-4)7-10(11)8-14;1-12(2,3)10-5-4-8(11(14)15)6-9(10)7-13/h5-7H,1-4H3;4-6H,1-3H3,(H,14,15). The zero-order valence-electron chi connectivity index (χ0n) is 19.0. The van der Waals surface area contributed by atoms with Gasteiger partial charge < -0.3 is 9.84 Å². The Labute approximate surface area is 183 Å². The molecular formula is C25H28N2O4. The second-order valence-corrected chi connectivity index (χ2v) is 9.04. The van der Waals surface area contributed by atoms with E-state index >= 15 is 0 Å². The zero-order chi connectivity index (χ0) is 24.0. The molecule has 6 heteroatoms. The third-order valence-corrected chi connectivity index (χ3v) is 4.56. The number of hydrogen-bond donors (Lipinski definition) is 1. The molecule has 0 bridgehead atoms. The van der Waals surface area contributed by atoms with Crippen molar-refractivity contribution in [2.75, 3.05) is 7.11 Å². The van der Waals surface area contributed by atoms with Crippen molar-refractivity contribution in [2.45, 2.75) is 52.4 Å². The van der Waals surface area contributed by atoms with E-state index in [1.165, 1.54) is 19.2 Å². The summed E-state index contributed by atoms with van der Waals surface area (Å²) in [5, 5.41) is 26.8. The summed E-state index contributed by atoms with van der Waals surface area (Å²) in [7, 11) is 1.33. The number of methoxy groups -OCH3 is 1. The number of nitrogens with zero attached hydrogens (tertiary/aromatic N) is 2. The first-order valence-corrected chi connectivity index (χ1v) is 9.67. The van der Waals surface area contributed by atoms with Gasteiger partial charge in [-0.25, -0.2) is 9.59 Å². The van der Waals surface area contributed by atoms with Crippen LogP contribution in [-0.4, -0.2) is 24.2 Å². The number of carbonyl (C=O) groups excluding carboxylic acids is 1. The molecule has 2 aromatic carbocycles. The molecule has 2 rings (SSSR count). The highest BCUT2D eigenvalue weighted by atomic mass is 16.5. The van der Waals surface area contributed by atoms with Crippen LogP contribution in [0.5, 0.6) is 0 Å². The Kier molecular flexibility index (Phi) is 8.12. The molecule has 162 valence electrons. The number of esters is 1. The Morgan fingerprint density at radius 2 is 1.19 bits per heavy atom. The van der Waals surface area contributed by atoms with E-state index in [1.807, 2.05) is 53.7 Å². The van der Waals surface area contributed by atoms with Crippen LogP contribution in [0, 0.1) is 22.7 Å². The highest BCUT2D eigenvalue weighted by Gasteiger charge is 2.20. The SMILES string of the molecule is CC(C)(C)c1ccc(C(=O)O)cc1C#N.COC(=O)c1ccc(C(C)(C)C)c(C#N)c1. The van der Waals surface area contributed by atoms with Crippen LogP contribution in [0.1, 0.15) is 84.5 Å². The molecule has 0 heterocycles. The first kappa shape index (κ1) is 25.4. The van der Waals surface area contributed by atoms with Gasteiger partial charge in [0.2, 0.25) is 0 Å². The molecule has 0 fully saturated rings. The number of ether oxygens (including phenoxy) is 1. The lowest BCUT2D eigenvalue weighted by Crippen LogP contribution is -2.14. The number of carboxylic acid groups (broad SMARTS) is 1. The summed E-state index contributed by atoms with van der Waals surface area (Å²) in [6.45, 7) is 12.1. The van der Waals surface area contributed by atoms with Crippen molar-refractivity contribution in [3.05, 3.63) is 69.8 Å². The number of carbonyl (C=O) groups is 2. The van der Waals surface area contributed by atoms with E-state index in [-0.39, 0.29) is 16.4 Å². The minimum Gasteiger partial charge on any atom is -0.478 e. The maximum absolute atomic E-state index is 11.3. The fourth-order valence-electron chi connectivity index (χ4n) is 2.96. The monoisotopic (exact) mass is 420 g/mol. The van der Waals surface area contributed by atoms with Gasteiger partial charge in [0.25, 0.3) is 0 Å². The van der Waals surface area contributed by atoms with Crippen molar-refractivity contribution in [2.24, 2.45) is 0 Å². The van der Waals surface area contributed by atoms with E-state index in [1.54, 1.807) is 18.2 Å². The van der Waals surface area contributed by atoms with Crippen molar-refractivity contribution in [1.82, 2.24) is 0 Å². The van der Waals surface area contributed by atoms with Crippen LogP contribution in [0.3, 0.4) is 0 Å². The van der Waals surface area contributed by atoms with Crippen molar-refractivity contribution >= 4 is 11.9 Å². The van der Waals surface area contributed by atoms with Gasteiger partial charge in [-0.1, -0.05) is 53.7 Å². The molecule has 6 nitrogen and oxygen atoms in total. The molecule has 0 aliphatic carbocycles. The van der Waals surface area contributed by atoms with Crippen LogP contribution >= 0.6 is 0 Å². The number of carboxylic acids is 1. The van der Waals surface area contributed by atoms with E-state index in [0.29, 0.717) is 16.7 Å². The Morgan fingerprint density at radius 1 is 0.806 bits per heavy atom. The normalized spacial score (nSPS) is 10.7. The lowest BCUT2D eigenvalue weighted by Gasteiger charge is -2.20. The molecule has 0 aliphatic rings. The van der Waals surface area contributed by atoms with Crippen LogP contribution in [0.25, 0.3) is 0 Å². The number of benzene rings is 2. The van der Waals surface area contributed by atoms with E-state index in [4.69, 9.17) is 15.6 Å². The Hall–Kier alpha value is -3.64. The smallest absolute Gasteiger partial charge is 0.337 e. The van der Waals surface area contributed by atoms with Gasteiger partial charge in [-0.2, -0.15) is 10.5 Å². The number of nitriles is 2. The summed E-state index contributed by atoms with van der Waals surface area (Å²) < 4.78 is 4.61. The van der Waals surface area contributed by atoms with Crippen LogP contribution < -0.4 is 0 Å². The maximum Gasteiger partial charge on any atom is 0.337 e. The average Bonchev–Trinajstić information content (AvgIpc) is 2.71. The Balaban J connectivity index is 0.000000311. The van der Waals surface area contributed by atoms with Gasteiger partial charge in [-0.15, -0.1) is 0 Å². The largest absolute Gasteiger partial charge is 0.478 e. The van der Waals surface area contributed by atoms with Gasteiger partial charge in [0.05, 0.1) is 41.5 Å². The second-order valence-electron chi connectivity index (χ2n) is 9.04. The molecule has 0 saturated heterocycles. The van der Waals surface area contributed by atoms with E-state index < -0.39 is 11.9 Å². The number of aromatic carboxylic acids is 1. The summed E-state index contributed by atoms with van der Waals surface area (Å²) >= 11 is 0. The molecule has 0 amide bonds. The predicted molar refractivity (Wildman–Crippen MR) is 118 cm³/mol. The molecular weight excluding hydrogens is 392 g/mol. The van der Waals surface area contributed by atoms with Gasteiger partial charge in [0.15, 0.2) is 0 Å². The molecule has 0 spiro atoms. The Morgan fingerprint density at radius 3 is 1.52 bits per heavy atom. The maximum atomic E-state index is 11.3. The molecule has 2 aromatic rings. The molecule has 31 heavy (non-hydrogen) atoms. The van der Waals surface area contributed by atoms with Gasteiger partial charge in [-0.3, -0.25) is 0 Å². The zero-order valence-corrected chi connectivity index (χ0v) is 19.0. The first-order chi connectivity index (χ1) is 14.3. The fraction of sp³-hybridized carbons (Fsp3) is 0.360. The van der Waals surface area contributed by atoms with Gasteiger partial charge in [0, 0.05) is 0 Å². The minimum atomic E-state index is -1.01. The highest BCUT2D eigenvalue weighted by molar-refractivity contribution is 5.90. The fourth-order valence-corrected chi connectivity index (χ4v) is 2.96. The topological polar surface area (TPSA) is 111 Å². The quantitative estimate of drug-likeness (QED) is 0.669. The summed E-state index contributed by atoms with van der Waals surface area (Å²) in [5.74, 6) is -1.43. The van der Waals surface area contributed by atoms with Crippen molar-refractivity contribution in [3.63, 3.8) is 0 Å². The van der Waals surface area contributed by atoms with Gasteiger partial charge >= 0.3 is 11.9 Å². The number of rotatable bonds is 2. The van der Waals surface area contributed by atoms with Crippen LogP contribution in [-0.2, 0) is 15.6 Å². The van der Waals surface area contributed by atoms with E-state index in [2.05, 4.69) is 10.8 Å². The molecule has 0 aliphatic heterocycles. The predicted octanol–water partition coefficient (Wildman–Crippen LogP) is 5.20.